The number of carboxylic acids is 1. The number of carbonyl (C=O) groups is 4. The van der Waals surface area contributed by atoms with Crippen molar-refractivity contribution in [2.45, 2.75) is 12.5 Å². The van der Waals surface area contributed by atoms with Crippen LogP contribution in [0.2, 0.25) is 0 Å². The number of piperazine rings is 1. The summed E-state index contributed by atoms with van der Waals surface area (Å²) in [5.74, 6) is -1.50. The normalized spacial score (nSPS) is 16.5. The highest BCUT2D eigenvalue weighted by Gasteiger charge is 2.28. The third kappa shape index (κ3) is 6.72. The lowest BCUT2D eigenvalue weighted by Gasteiger charge is -2.39. The molecule has 0 saturated carbocycles. The highest BCUT2D eigenvalue weighted by Crippen LogP contribution is 2.30. The summed E-state index contributed by atoms with van der Waals surface area (Å²) in [7, 11) is 1.25. The molecule has 0 aliphatic carbocycles. The Bertz CT molecular complexity index is 1140. The van der Waals surface area contributed by atoms with E-state index in [1.807, 2.05) is 15.2 Å². The molecule has 3 N–H and O–H groups in total. The molecule has 1 aromatic heterocycles. The molecule has 38 heavy (non-hydrogen) atoms. The minimum absolute atomic E-state index is 0.00506. The Morgan fingerprint density at radius 3 is 2.39 bits per heavy atom. The minimum atomic E-state index is -1.03. The summed E-state index contributed by atoms with van der Waals surface area (Å²) in [4.78, 5) is 55.7. The van der Waals surface area contributed by atoms with E-state index in [0.717, 1.165) is 4.88 Å². The molecular weight excluding hydrogens is 514 g/mol. The lowest BCUT2D eigenvalue weighted by molar-refractivity contribution is -0.137. The number of amides is 4. The topological polar surface area (TPSA) is 141 Å². The molecule has 2 aromatic rings. The molecule has 1 atom stereocenters. The SMILES string of the molecule is COC(=O)Nc1cc(C(=O)NC(CC(=O)O)c2cccs2)ccc1N1CCN(C(=O)N2CCOCC2)CC1. The molecule has 1 unspecified atom stereocenters. The molecule has 0 bridgehead atoms. The third-order valence-electron chi connectivity index (χ3n) is 6.42. The van der Waals surface area contributed by atoms with Crippen LogP contribution in [0.25, 0.3) is 0 Å². The predicted octanol–water partition coefficient (Wildman–Crippen LogP) is 2.45. The van der Waals surface area contributed by atoms with E-state index in [1.54, 1.807) is 35.2 Å². The van der Waals surface area contributed by atoms with Gasteiger partial charge in [0.1, 0.15) is 0 Å². The summed E-state index contributed by atoms with van der Waals surface area (Å²) in [6.07, 6.45) is -0.947. The molecule has 0 spiro atoms. The van der Waals surface area contributed by atoms with Crippen LogP contribution in [0.1, 0.15) is 27.7 Å². The van der Waals surface area contributed by atoms with E-state index in [1.165, 1.54) is 18.4 Å². The van der Waals surface area contributed by atoms with Gasteiger partial charge in [0.15, 0.2) is 0 Å². The van der Waals surface area contributed by atoms with Crippen molar-refractivity contribution in [2.24, 2.45) is 0 Å². The van der Waals surface area contributed by atoms with Crippen molar-refractivity contribution in [3.05, 3.63) is 46.2 Å². The highest BCUT2D eigenvalue weighted by molar-refractivity contribution is 7.10. The van der Waals surface area contributed by atoms with Crippen molar-refractivity contribution in [3.8, 4) is 0 Å². The number of carbonyl (C=O) groups excluding carboxylic acids is 3. The van der Waals surface area contributed by atoms with Gasteiger partial charge in [0.2, 0.25) is 0 Å². The molecule has 2 aliphatic rings. The molecule has 204 valence electrons. The number of rotatable bonds is 7. The fourth-order valence-electron chi connectivity index (χ4n) is 4.44. The Morgan fingerprint density at radius 2 is 1.76 bits per heavy atom. The summed E-state index contributed by atoms with van der Waals surface area (Å²) in [6, 6.07) is 7.78. The van der Waals surface area contributed by atoms with Crippen LogP contribution >= 0.6 is 11.3 Å². The Balaban J connectivity index is 1.48. The van der Waals surface area contributed by atoms with Crippen molar-refractivity contribution in [1.82, 2.24) is 15.1 Å². The fraction of sp³-hybridized carbons (Fsp3) is 0.440. The van der Waals surface area contributed by atoms with Gasteiger partial charge in [-0.25, -0.2) is 9.59 Å². The first kappa shape index (κ1) is 27.2. The van der Waals surface area contributed by atoms with Crippen LogP contribution in [0, 0.1) is 0 Å². The Labute approximate surface area is 224 Å². The summed E-state index contributed by atoms with van der Waals surface area (Å²) in [5.41, 5.74) is 1.32. The molecule has 2 aliphatic heterocycles. The first-order valence-corrected chi connectivity index (χ1v) is 13.2. The number of ether oxygens (including phenoxy) is 2. The zero-order chi connectivity index (χ0) is 27.1. The van der Waals surface area contributed by atoms with E-state index in [4.69, 9.17) is 9.47 Å². The molecule has 1 aromatic carbocycles. The van der Waals surface area contributed by atoms with Crippen molar-refractivity contribution < 1.29 is 33.8 Å². The number of anilines is 2. The number of morpholine rings is 1. The summed E-state index contributed by atoms with van der Waals surface area (Å²) in [6.45, 7) is 4.33. The number of methoxy groups -OCH3 is 1. The molecular formula is C25H31N5O7S. The highest BCUT2D eigenvalue weighted by atomic mass is 32.1. The zero-order valence-electron chi connectivity index (χ0n) is 21.1. The average molecular weight is 546 g/mol. The summed E-state index contributed by atoms with van der Waals surface area (Å²) >= 11 is 1.36. The summed E-state index contributed by atoms with van der Waals surface area (Å²) < 4.78 is 10.1. The summed E-state index contributed by atoms with van der Waals surface area (Å²) in [5, 5.41) is 16.6. The minimum Gasteiger partial charge on any atom is -0.481 e. The van der Waals surface area contributed by atoms with Gasteiger partial charge in [-0.2, -0.15) is 0 Å². The number of benzene rings is 1. The predicted molar refractivity (Wildman–Crippen MR) is 141 cm³/mol. The largest absolute Gasteiger partial charge is 0.481 e. The number of hydrogen-bond donors (Lipinski definition) is 3. The van der Waals surface area contributed by atoms with Crippen molar-refractivity contribution >= 4 is 46.7 Å². The van der Waals surface area contributed by atoms with Crippen LogP contribution in [0.3, 0.4) is 0 Å². The number of nitrogens with zero attached hydrogens (tertiary/aromatic N) is 3. The van der Waals surface area contributed by atoms with Crippen LogP contribution in [-0.4, -0.2) is 98.5 Å². The second-order valence-corrected chi connectivity index (χ2v) is 9.82. The van der Waals surface area contributed by atoms with Gasteiger partial charge < -0.3 is 34.6 Å². The number of urea groups is 1. The number of aliphatic carboxylic acids is 1. The van der Waals surface area contributed by atoms with Crippen molar-refractivity contribution in [1.29, 1.82) is 0 Å². The van der Waals surface area contributed by atoms with Crippen LogP contribution in [0.5, 0.6) is 0 Å². The number of carboxylic acid groups (broad SMARTS) is 1. The lowest BCUT2D eigenvalue weighted by Crippen LogP contribution is -2.54. The molecule has 2 saturated heterocycles. The maximum absolute atomic E-state index is 13.1. The van der Waals surface area contributed by atoms with E-state index < -0.39 is 24.0 Å². The van der Waals surface area contributed by atoms with Crippen molar-refractivity contribution in [2.75, 3.05) is 69.8 Å². The first-order chi connectivity index (χ1) is 18.4. The van der Waals surface area contributed by atoms with Gasteiger partial charge in [-0.3, -0.25) is 14.9 Å². The van der Waals surface area contributed by atoms with Crippen LogP contribution in [0.4, 0.5) is 21.0 Å². The quantitative estimate of drug-likeness (QED) is 0.482. The van der Waals surface area contributed by atoms with E-state index in [-0.39, 0.29) is 18.0 Å². The first-order valence-electron chi connectivity index (χ1n) is 12.3. The number of hydrogen-bond acceptors (Lipinski definition) is 8. The Hall–Kier alpha value is -3.84. The standard InChI is InChI=1S/C25H31N5O7S/c1-36-24(34)27-18-15-17(23(33)26-19(16-22(31)32)21-3-2-14-38-21)4-5-20(18)28-6-8-29(9-7-28)25(35)30-10-12-37-13-11-30/h2-5,14-15,19H,6-13,16H2,1H3,(H,26,33)(H,27,34)(H,31,32). The molecule has 4 rings (SSSR count). The molecule has 12 nitrogen and oxygen atoms in total. The Kier molecular flexibility index (Phi) is 9.02. The van der Waals surface area contributed by atoms with E-state index >= 15 is 0 Å². The second-order valence-electron chi connectivity index (χ2n) is 8.84. The monoisotopic (exact) mass is 545 g/mol. The second kappa shape index (κ2) is 12.6. The number of nitrogens with one attached hydrogen (secondary N) is 2. The van der Waals surface area contributed by atoms with E-state index in [2.05, 4.69) is 10.6 Å². The van der Waals surface area contributed by atoms with Crippen LogP contribution in [0.15, 0.2) is 35.7 Å². The van der Waals surface area contributed by atoms with Crippen LogP contribution in [-0.2, 0) is 14.3 Å². The Morgan fingerprint density at radius 1 is 1.05 bits per heavy atom. The smallest absolute Gasteiger partial charge is 0.411 e. The molecule has 4 amide bonds. The maximum atomic E-state index is 13.1. The molecule has 0 radical (unpaired) electrons. The van der Waals surface area contributed by atoms with Gasteiger partial charge in [-0.1, -0.05) is 6.07 Å². The molecule has 3 heterocycles. The van der Waals surface area contributed by atoms with Gasteiger partial charge in [-0.05, 0) is 29.6 Å². The van der Waals surface area contributed by atoms with Gasteiger partial charge in [-0.15, -0.1) is 11.3 Å². The average Bonchev–Trinajstić information content (AvgIpc) is 3.48. The van der Waals surface area contributed by atoms with E-state index in [9.17, 15) is 24.3 Å². The molecule has 13 heteroatoms. The lowest BCUT2D eigenvalue weighted by atomic mass is 10.1. The van der Waals surface area contributed by atoms with Gasteiger partial charge in [0.25, 0.3) is 5.91 Å². The van der Waals surface area contributed by atoms with Gasteiger partial charge in [0.05, 0.1) is 44.2 Å². The van der Waals surface area contributed by atoms with Gasteiger partial charge in [0, 0.05) is 49.7 Å². The fourth-order valence-corrected chi connectivity index (χ4v) is 5.21. The van der Waals surface area contributed by atoms with Crippen molar-refractivity contribution in [3.63, 3.8) is 0 Å². The van der Waals surface area contributed by atoms with E-state index in [0.29, 0.717) is 63.9 Å². The zero-order valence-corrected chi connectivity index (χ0v) is 21.9. The van der Waals surface area contributed by atoms with Crippen LogP contribution < -0.4 is 15.5 Å². The molecule has 2 fully saturated rings. The maximum Gasteiger partial charge on any atom is 0.411 e. The van der Waals surface area contributed by atoms with Gasteiger partial charge >= 0.3 is 18.1 Å². The number of thiophene rings is 1. The third-order valence-corrected chi connectivity index (χ3v) is 7.41.